The van der Waals surface area contributed by atoms with E-state index in [0.717, 1.165) is 19.3 Å². The third-order valence-electron chi connectivity index (χ3n) is 5.24. The molecule has 0 aliphatic carbocycles. The predicted molar refractivity (Wildman–Crippen MR) is 109 cm³/mol. The lowest BCUT2D eigenvalue weighted by Crippen LogP contribution is -2.34. The minimum atomic E-state index is -0.386. The number of ether oxygens (including phenoxy) is 1. The first-order chi connectivity index (χ1) is 13.7. The van der Waals surface area contributed by atoms with Crippen LogP contribution in [0.1, 0.15) is 35.2 Å². The molecular formula is C23H24N2O3. The number of nitrogens with one attached hydrogen (secondary N) is 1. The van der Waals surface area contributed by atoms with E-state index in [2.05, 4.69) is 23.5 Å². The van der Waals surface area contributed by atoms with Crippen molar-refractivity contribution >= 4 is 23.1 Å². The number of nitrogens with zero attached hydrogens (tertiary/aromatic N) is 1. The van der Waals surface area contributed by atoms with E-state index in [-0.39, 0.29) is 17.9 Å². The van der Waals surface area contributed by atoms with Crippen LogP contribution in [0, 0.1) is 0 Å². The highest BCUT2D eigenvalue weighted by molar-refractivity contribution is 5.98. The quantitative estimate of drug-likeness (QED) is 0.884. The Labute approximate surface area is 165 Å². The van der Waals surface area contributed by atoms with E-state index >= 15 is 0 Å². The number of carbonyl (C=O) groups excluding carboxylic acids is 2. The number of rotatable bonds is 4. The van der Waals surface area contributed by atoms with Gasteiger partial charge in [-0.05, 0) is 48.6 Å². The molecule has 0 spiro atoms. The number of hydrogen-bond acceptors (Lipinski definition) is 3. The van der Waals surface area contributed by atoms with E-state index in [1.54, 1.807) is 24.3 Å². The van der Waals surface area contributed by atoms with Crippen molar-refractivity contribution in [1.82, 2.24) is 4.90 Å². The van der Waals surface area contributed by atoms with Gasteiger partial charge in [0.2, 0.25) is 0 Å². The van der Waals surface area contributed by atoms with Crippen molar-refractivity contribution in [3.05, 3.63) is 71.8 Å². The van der Waals surface area contributed by atoms with Crippen LogP contribution in [0.2, 0.25) is 0 Å². The largest absolute Gasteiger partial charge is 0.368 e. The fourth-order valence-electron chi connectivity index (χ4n) is 3.69. The molecule has 2 aliphatic heterocycles. The molecule has 2 amide bonds. The average Bonchev–Trinajstić information content (AvgIpc) is 3.29. The molecule has 2 aliphatic rings. The zero-order valence-corrected chi connectivity index (χ0v) is 15.8. The zero-order valence-electron chi connectivity index (χ0n) is 15.8. The molecule has 5 heteroatoms. The Morgan fingerprint density at radius 1 is 1.07 bits per heavy atom. The van der Waals surface area contributed by atoms with Crippen molar-refractivity contribution in [2.75, 3.05) is 25.0 Å². The molecule has 1 N–H and O–H groups in total. The van der Waals surface area contributed by atoms with Crippen LogP contribution < -0.4 is 5.32 Å². The molecule has 5 nitrogen and oxygen atoms in total. The summed E-state index contributed by atoms with van der Waals surface area (Å²) in [6.07, 6.45) is 4.23. The average molecular weight is 376 g/mol. The van der Waals surface area contributed by atoms with E-state index in [9.17, 15) is 9.59 Å². The van der Waals surface area contributed by atoms with Gasteiger partial charge >= 0.3 is 0 Å². The summed E-state index contributed by atoms with van der Waals surface area (Å²) in [7, 11) is 0. The van der Waals surface area contributed by atoms with Crippen molar-refractivity contribution in [3.8, 4) is 0 Å². The highest BCUT2D eigenvalue weighted by atomic mass is 16.5. The van der Waals surface area contributed by atoms with Gasteiger partial charge in [0.05, 0.1) is 0 Å². The number of carbonyl (C=O) groups is 2. The van der Waals surface area contributed by atoms with Gasteiger partial charge in [-0.1, -0.05) is 42.5 Å². The molecule has 28 heavy (non-hydrogen) atoms. The van der Waals surface area contributed by atoms with Gasteiger partial charge in [0.15, 0.2) is 0 Å². The maximum absolute atomic E-state index is 12.9. The summed E-state index contributed by atoms with van der Waals surface area (Å²) in [6, 6.07) is 17.4. The van der Waals surface area contributed by atoms with E-state index < -0.39 is 0 Å². The Hall–Kier alpha value is -2.92. The first kappa shape index (κ1) is 18.4. The summed E-state index contributed by atoms with van der Waals surface area (Å²) in [5.74, 6) is -0.160. The Kier molecular flexibility index (Phi) is 5.53. The van der Waals surface area contributed by atoms with Gasteiger partial charge in [0.1, 0.15) is 6.10 Å². The van der Waals surface area contributed by atoms with Crippen molar-refractivity contribution in [2.24, 2.45) is 0 Å². The van der Waals surface area contributed by atoms with Gasteiger partial charge < -0.3 is 15.0 Å². The van der Waals surface area contributed by atoms with E-state index in [1.807, 2.05) is 23.1 Å². The van der Waals surface area contributed by atoms with Crippen molar-refractivity contribution in [2.45, 2.75) is 25.4 Å². The molecule has 0 saturated carbocycles. The maximum atomic E-state index is 12.9. The summed E-state index contributed by atoms with van der Waals surface area (Å²) in [6.45, 7) is 1.91. The highest BCUT2D eigenvalue weighted by Gasteiger charge is 2.24. The standard InChI is InChI=1S/C23H24N2O3/c26-22(21-10-5-15-28-21)24-20-9-4-8-19(16-20)23(27)25-13-11-18(12-14-25)17-6-2-1-3-7-17/h1-4,6-9,11,16,21H,5,10,12-15H2,(H,24,26). The lowest BCUT2D eigenvalue weighted by molar-refractivity contribution is -0.124. The van der Waals surface area contributed by atoms with Crippen LogP contribution in [0.3, 0.4) is 0 Å². The minimum absolute atomic E-state index is 0.0171. The number of anilines is 1. The van der Waals surface area contributed by atoms with Crippen LogP contribution in [0.4, 0.5) is 5.69 Å². The predicted octanol–water partition coefficient (Wildman–Crippen LogP) is 3.73. The maximum Gasteiger partial charge on any atom is 0.254 e. The summed E-state index contributed by atoms with van der Waals surface area (Å²) < 4.78 is 5.41. The summed E-state index contributed by atoms with van der Waals surface area (Å²) in [4.78, 5) is 27.0. The Morgan fingerprint density at radius 3 is 2.64 bits per heavy atom. The second-order valence-corrected chi connectivity index (χ2v) is 7.17. The van der Waals surface area contributed by atoms with Gasteiger partial charge in [-0.15, -0.1) is 0 Å². The van der Waals surface area contributed by atoms with Crippen LogP contribution in [-0.4, -0.2) is 42.5 Å². The zero-order chi connectivity index (χ0) is 19.3. The van der Waals surface area contributed by atoms with Gasteiger partial charge in [0, 0.05) is 30.9 Å². The van der Waals surface area contributed by atoms with Crippen LogP contribution in [0.25, 0.3) is 5.57 Å². The number of amides is 2. The molecule has 1 atom stereocenters. The second-order valence-electron chi connectivity index (χ2n) is 7.17. The molecule has 4 rings (SSSR count). The third-order valence-corrected chi connectivity index (χ3v) is 5.24. The number of benzene rings is 2. The molecule has 1 fully saturated rings. The van der Waals surface area contributed by atoms with E-state index in [1.165, 1.54) is 11.1 Å². The SMILES string of the molecule is O=C(Nc1cccc(C(=O)N2CC=C(c3ccccc3)CC2)c1)C1CCCO1. The summed E-state index contributed by atoms with van der Waals surface area (Å²) in [5.41, 5.74) is 3.71. The fraction of sp³-hybridized carbons (Fsp3) is 0.304. The third kappa shape index (κ3) is 4.15. The Balaban J connectivity index is 1.41. The highest BCUT2D eigenvalue weighted by Crippen LogP contribution is 2.23. The smallest absolute Gasteiger partial charge is 0.254 e. The molecule has 0 radical (unpaired) electrons. The first-order valence-corrected chi connectivity index (χ1v) is 9.77. The molecule has 0 bridgehead atoms. The van der Waals surface area contributed by atoms with Crippen LogP contribution >= 0.6 is 0 Å². The van der Waals surface area contributed by atoms with Gasteiger partial charge in [-0.3, -0.25) is 9.59 Å². The monoisotopic (exact) mass is 376 g/mol. The molecule has 1 unspecified atom stereocenters. The van der Waals surface area contributed by atoms with Crippen LogP contribution in [-0.2, 0) is 9.53 Å². The normalized spacial score (nSPS) is 19.2. The van der Waals surface area contributed by atoms with Gasteiger partial charge in [-0.2, -0.15) is 0 Å². The van der Waals surface area contributed by atoms with Crippen molar-refractivity contribution in [1.29, 1.82) is 0 Å². The topological polar surface area (TPSA) is 58.6 Å². The molecule has 2 aromatic rings. The summed E-state index contributed by atoms with van der Waals surface area (Å²) >= 11 is 0. The molecular weight excluding hydrogens is 352 g/mol. The van der Waals surface area contributed by atoms with E-state index in [0.29, 0.717) is 30.9 Å². The summed E-state index contributed by atoms with van der Waals surface area (Å²) in [5, 5.41) is 2.86. The lowest BCUT2D eigenvalue weighted by Gasteiger charge is -2.27. The molecule has 2 heterocycles. The van der Waals surface area contributed by atoms with Crippen LogP contribution in [0.5, 0.6) is 0 Å². The Bertz CT molecular complexity index is 886. The molecule has 0 aromatic heterocycles. The lowest BCUT2D eigenvalue weighted by atomic mass is 9.99. The van der Waals surface area contributed by atoms with Crippen LogP contribution in [0.15, 0.2) is 60.7 Å². The molecule has 1 saturated heterocycles. The fourth-order valence-corrected chi connectivity index (χ4v) is 3.69. The first-order valence-electron chi connectivity index (χ1n) is 9.77. The minimum Gasteiger partial charge on any atom is -0.368 e. The number of hydrogen-bond donors (Lipinski definition) is 1. The van der Waals surface area contributed by atoms with Gasteiger partial charge in [-0.25, -0.2) is 0 Å². The molecule has 2 aromatic carbocycles. The second kappa shape index (κ2) is 8.40. The van der Waals surface area contributed by atoms with Gasteiger partial charge in [0.25, 0.3) is 11.8 Å². The van der Waals surface area contributed by atoms with E-state index in [4.69, 9.17) is 4.74 Å². The van der Waals surface area contributed by atoms with Crippen molar-refractivity contribution < 1.29 is 14.3 Å². The van der Waals surface area contributed by atoms with Crippen molar-refractivity contribution in [3.63, 3.8) is 0 Å². The molecule has 144 valence electrons. The Morgan fingerprint density at radius 2 is 1.93 bits per heavy atom.